The van der Waals surface area contributed by atoms with Gasteiger partial charge in [-0.25, -0.2) is 0 Å². The smallest absolute Gasteiger partial charge is 0.306 e. The summed E-state index contributed by atoms with van der Waals surface area (Å²) in [5.41, 5.74) is 7.27. The van der Waals surface area contributed by atoms with Gasteiger partial charge in [-0.05, 0) is 30.5 Å². The van der Waals surface area contributed by atoms with E-state index in [0.29, 0.717) is 24.3 Å². The molecule has 1 aromatic rings. The van der Waals surface area contributed by atoms with E-state index >= 15 is 0 Å². The fourth-order valence-corrected chi connectivity index (χ4v) is 1.86. The second-order valence-electron chi connectivity index (χ2n) is 4.10. The van der Waals surface area contributed by atoms with E-state index in [9.17, 15) is 4.79 Å². The predicted octanol–water partition coefficient (Wildman–Crippen LogP) is 2.32. The number of nitrogen functional groups attached to an aromatic ring is 1. The maximum atomic E-state index is 11.0. The molecule has 3 N–H and O–H groups in total. The first-order chi connectivity index (χ1) is 8.08. The fraction of sp³-hybridized carbons (Fsp3) is 0.462. The molecule has 0 fully saturated rings. The Balaban J connectivity index is 2.79. The summed E-state index contributed by atoms with van der Waals surface area (Å²) in [6.45, 7) is 1.98. The number of carboxylic acid groups (broad SMARTS) is 1. The number of rotatable bonds is 6. The van der Waals surface area contributed by atoms with Gasteiger partial charge in [0.05, 0.1) is 18.7 Å². The van der Waals surface area contributed by atoms with E-state index in [-0.39, 0.29) is 5.92 Å². The van der Waals surface area contributed by atoms with Crippen LogP contribution in [0.3, 0.4) is 0 Å². The van der Waals surface area contributed by atoms with Gasteiger partial charge in [0.15, 0.2) is 0 Å². The standard InChI is InChI=1S/C13H19NO3/c1-3-4-10(13(15)16)7-9-5-6-12(17-2)11(14)8-9/h5-6,8,10H,3-4,7,14H2,1-2H3,(H,15,16). The number of hydrogen-bond donors (Lipinski definition) is 2. The largest absolute Gasteiger partial charge is 0.495 e. The molecule has 1 rings (SSSR count). The van der Waals surface area contributed by atoms with E-state index in [1.165, 1.54) is 0 Å². The number of benzene rings is 1. The topological polar surface area (TPSA) is 72.5 Å². The first kappa shape index (κ1) is 13.4. The lowest BCUT2D eigenvalue weighted by atomic mass is 9.95. The van der Waals surface area contributed by atoms with Crippen LogP contribution in [0.5, 0.6) is 5.75 Å². The minimum Gasteiger partial charge on any atom is -0.495 e. The van der Waals surface area contributed by atoms with E-state index in [4.69, 9.17) is 15.6 Å². The van der Waals surface area contributed by atoms with Crippen molar-refractivity contribution < 1.29 is 14.6 Å². The summed E-state index contributed by atoms with van der Waals surface area (Å²) in [6, 6.07) is 5.42. The number of aliphatic carboxylic acids is 1. The Hall–Kier alpha value is -1.71. The molecular formula is C13H19NO3. The molecule has 1 atom stereocenters. The van der Waals surface area contributed by atoms with Gasteiger partial charge < -0.3 is 15.6 Å². The zero-order valence-corrected chi connectivity index (χ0v) is 10.3. The van der Waals surface area contributed by atoms with Gasteiger partial charge in [-0.15, -0.1) is 0 Å². The van der Waals surface area contributed by atoms with Crippen molar-refractivity contribution in [2.75, 3.05) is 12.8 Å². The molecule has 0 bridgehead atoms. The molecule has 1 unspecified atom stereocenters. The predicted molar refractivity (Wildman–Crippen MR) is 67.1 cm³/mol. The zero-order valence-electron chi connectivity index (χ0n) is 10.3. The molecule has 0 spiro atoms. The average Bonchev–Trinajstić information content (AvgIpc) is 2.28. The third kappa shape index (κ3) is 3.66. The van der Waals surface area contributed by atoms with Crippen LogP contribution < -0.4 is 10.5 Å². The van der Waals surface area contributed by atoms with Crippen LogP contribution in [-0.4, -0.2) is 18.2 Å². The normalized spacial score (nSPS) is 12.1. The highest BCUT2D eigenvalue weighted by Gasteiger charge is 2.17. The second-order valence-corrected chi connectivity index (χ2v) is 4.10. The molecule has 4 nitrogen and oxygen atoms in total. The van der Waals surface area contributed by atoms with E-state index in [2.05, 4.69) is 0 Å². The number of carboxylic acids is 1. The molecule has 94 valence electrons. The number of nitrogens with two attached hydrogens (primary N) is 1. The van der Waals surface area contributed by atoms with Crippen LogP contribution in [0.15, 0.2) is 18.2 Å². The fourth-order valence-electron chi connectivity index (χ4n) is 1.86. The summed E-state index contributed by atoms with van der Waals surface area (Å²) in [4.78, 5) is 11.0. The van der Waals surface area contributed by atoms with Crippen molar-refractivity contribution in [3.63, 3.8) is 0 Å². The van der Waals surface area contributed by atoms with Gasteiger partial charge in [-0.2, -0.15) is 0 Å². The van der Waals surface area contributed by atoms with Crippen LogP contribution in [0, 0.1) is 5.92 Å². The molecule has 0 amide bonds. The first-order valence-corrected chi connectivity index (χ1v) is 5.73. The molecule has 0 aromatic heterocycles. The molecule has 0 heterocycles. The molecule has 1 aromatic carbocycles. The van der Waals surface area contributed by atoms with Gasteiger partial charge >= 0.3 is 5.97 Å². The summed E-state index contributed by atoms with van der Waals surface area (Å²) < 4.78 is 5.06. The Bertz CT molecular complexity index is 390. The lowest BCUT2D eigenvalue weighted by molar-refractivity contribution is -0.141. The minimum absolute atomic E-state index is 0.340. The second kappa shape index (κ2) is 6.13. The Morgan fingerprint density at radius 1 is 1.53 bits per heavy atom. The minimum atomic E-state index is -0.749. The molecule has 17 heavy (non-hydrogen) atoms. The quantitative estimate of drug-likeness (QED) is 0.745. The zero-order chi connectivity index (χ0) is 12.8. The van der Waals surface area contributed by atoms with Crippen LogP contribution in [0.25, 0.3) is 0 Å². The van der Waals surface area contributed by atoms with E-state index < -0.39 is 5.97 Å². The summed E-state index contributed by atoms with van der Waals surface area (Å²) in [7, 11) is 1.56. The van der Waals surface area contributed by atoms with Gasteiger partial charge in [-0.3, -0.25) is 4.79 Å². The van der Waals surface area contributed by atoms with Crippen molar-refractivity contribution in [1.82, 2.24) is 0 Å². The average molecular weight is 237 g/mol. The van der Waals surface area contributed by atoms with Crippen molar-refractivity contribution in [2.45, 2.75) is 26.2 Å². The molecule has 0 aliphatic rings. The maximum absolute atomic E-state index is 11.0. The molecule has 0 saturated carbocycles. The maximum Gasteiger partial charge on any atom is 0.306 e. The van der Waals surface area contributed by atoms with Crippen LogP contribution in [0.2, 0.25) is 0 Å². The molecule has 0 radical (unpaired) electrons. The van der Waals surface area contributed by atoms with Crippen molar-refractivity contribution in [2.24, 2.45) is 5.92 Å². The Kier molecular flexibility index (Phi) is 4.82. The lowest BCUT2D eigenvalue weighted by Gasteiger charge is -2.12. The molecular weight excluding hydrogens is 218 g/mol. The van der Waals surface area contributed by atoms with Crippen LogP contribution in [0.4, 0.5) is 5.69 Å². The Labute approximate surface area is 101 Å². The first-order valence-electron chi connectivity index (χ1n) is 5.73. The number of carbonyl (C=O) groups is 1. The van der Waals surface area contributed by atoms with Gasteiger partial charge in [0.2, 0.25) is 0 Å². The number of ether oxygens (including phenoxy) is 1. The van der Waals surface area contributed by atoms with Gasteiger partial charge in [-0.1, -0.05) is 19.4 Å². The summed E-state index contributed by atoms with van der Waals surface area (Å²) in [5, 5.41) is 9.08. The van der Waals surface area contributed by atoms with Crippen LogP contribution >= 0.6 is 0 Å². The van der Waals surface area contributed by atoms with Gasteiger partial charge in [0.25, 0.3) is 0 Å². The van der Waals surface area contributed by atoms with Crippen LogP contribution in [-0.2, 0) is 11.2 Å². The van der Waals surface area contributed by atoms with Gasteiger partial charge in [0, 0.05) is 0 Å². The lowest BCUT2D eigenvalue weighted by Crippen LogP contribution is -2.16. The van der Waals surface area contributed by atoms with E-state index in [1.807, 2.05) is 13.0 Å². The third-order valence-electron chi connectivity index (χ3n) is 2.76. The third-order valence-corrected chi connectivity index (χ3v) is 2.76. The van der Waals surface area contributed by atoms with Crippen molar-refractivity contribution in [1.29, 1.82) is 0 Å². The molecule has 0 aliphatic carbocycles. The molecule has 0 saturated heterocycles. The van der Waals surface area contributed by atoms with E-state index in [1.54, 1.807) is 19.2 Å². The Morgan fingerprint density at radius 3 is 2.71 bits per heavy atom. The highest BCUT2D eigenvalue weighted by atomic mass is 16.5. The SMILES string of the molecule is CCCC(Cc1ccc(OC)c(N)c1)C(=O)O. The monoisotopic (exact) mass is 237 g/mol. The summed E-state index contributed by atoms with van der Waals surface area (Å²) in [6.07, 6.45) is 2.06. The number of methoxy groups -OCH3 is 1. The number of anilines is 1. The highest BCUT2D eigenvalue weighted by molar-refractivity contribution is 5.70. The van der Waals surface area contributed by atoms with Crippen molar-refractivity contribution in [3.8, 4) is 5.75 Å². The van der Waals surface area contributed by atoms with Crippen molar-refractivity contribution in [3.05, 3.63) is 23.8 Å². The molecule has 4 heteroatoms. The summed E-state index contributed by atoms with van der Waals surface area (Å²) in [5.74, 6) is -0.467. The number of hydrogen-bond acceptors (Lipinski definition) is 3. The van der Waals surface area contributed by atoms with Gasteiger partial charge in [0.1, 0.15) is 5.75 Å². The highest BCUT2D eigenvalue weighted by Crippen LogP contribution is 2.24. The van der Waals surface area contributed by atoms with Crippen LogP contribution in [0.1, 0.15) is 25.3 Å². The Morgan fingerprint density at radius 2 is 2.24 bits per heavy atom. The van der Waals surface area contributed by atoms with Crippen molar-refractivity contribution >= 4 is 11.7 Å². The molecule has 0 aliphatic heterocycles. The summed E-state index contributed by atoms with van der Waals surface area (Å²) >= 11 is 0. The van der Waals surface area contributed by atoms with E-state index in [0.717, 1.165) is 12.0 Å².